The molecule has 1 aliphatic heterocycles. The molecule has 2 heterocycles. The number of amides is 1. The zero-order chi connectivity index (χ0) is 18.3. The Bertz CT molecular complexity index is 911. The average molecular weight is 393 g/mol. The van der Waals surface area contributed by atoms with Crippen LogP contribution in [-0.4, -0.2) is 31.2 Å². The number of hydrogen-bond donors (Lipinski definition) is 2. The van der Waals surface area contributed by atoms with Crippen molar-refractivity contribution in [3.8, 4) is 0 Å². The first kappa shape index (κ1) is 19.9. The van der Waals surface area contributed by atoms with Crippen molar-refractivity contribution in [2.75, 3.05) is 18.5 Å². The molecule has 146 valence electrons. The van der Waals surface area contributed by atoms with Crippen LogP contribution in [0.25, 0.3) is 11.0 Å². The van der Waals surface area contributed by atoms with Crippen molar-refractivity contribution >= 4 is 35.0 Å². The fourth-order valence-electron chi connectivity index (χ4n) is 4.09. The Morgan fingerprint density at radius 1 is 1.19 bits per heavy atom. The third-order valence-electron chi connectivity index (χ3n) is 5.55. The molecule has 2 N–H and O–H groups in total. The Labute approximate surface area is 164 Å². The summed E-state index contributed by atoms with van der Waals surface area (Å²) in [5.41, 5.74) is 2.69. The second-order valence-electron chi connectivity index (χ2n) is 7.38. The second-order valence-corrected chi connectivity index (χ2v) is 7.38. The summed E-state index contributed by atoms with van der Waals surface area (Å²) in [5, 5.41) is 7.40. The van der Waals surface area contributed by atoms with Gasteiger partial charge in [-0.05, 0) is 56.4 Å². The number of carbonyl (C=O) groups excluding carboxylic acids is 1. The van der Waals surface area contributed by atoms with Gasteiger partial charge >= 0.3 is 5.63 Å². The summed E-state index contributed by atoms with van der Waals surface area (Å²) in [4.78, 5) is 24.4. The lowest BCUT2D eigenvalue weighted by Gasteiger charge is -2.39. The van der Waals surface area contributed by atoms with E-state index in [2.05, 4.69) is 10.6 Å². The molecule has 1 aromatic heterocycles. The van der Waals surface area contributed by atoms with Gasteiger partial charge in [-0.1, -0.05) is 0 Å². The Balaban J connectivity index is 0.00000210. The normalized spacial score (nSPS) is 24.7. The fourth-order valence-corrected chi connectivity index (χ4v) is 4.09. The molecule has 2 fully saturated rings. The average Bonchev–Trinajstić information content (AvgIpc) is 2.62. The van der Waals surface area contributed by atoms with Crippen LogP contribution in [0.15, 0.2) is 27.4 Å². The number of hydrogen-bond acceptors (Lipinski definition) is 5. The number of morpholine rings is 1. The van der Waals surface area contributed by atoms with Gasteiger partial charge < -0.3 is 19.8 Å². The van der Waals surface area contributed by atoms with Crippen LogP contribution in [0, 0.1) is 19.8 Å². The summed E-state index contributed by atoms with van der Waals surface area (Å²) < 4.78 is 11.1. The zero-order valence-corrected chi connectivity index (χ0v) is 16.4. The van der Waals surface area contributed by atoms with Crippen LogP contribution in [0.3, 0.4) is 0 Å². The van der Waals surface area contributed by atoms with Crippen molar-refractivity contribution < 1.29 is 13.9 Å². The van der Waals surface area contributed by atoms with Crippen molar-refractivity contribution in [1.82, 2.24) is 5.32 Å². The maximum atomic E-state index is 12.8. The number of rotatable bonds is 2. The Kier molecular flexibility index (Phi) is 5.89. The number of ether oxygens (including phenoxy) is 1. The third-order valence-corrected chi connectivity index (χ3v) is 5.55. The molecule has 0 spiro atoms. The number of carbonyl (C=O) groups is 1. The van der Waals surface area contributed by atoms with Gasteiger partial charge in [0.1, 0.15) is 5.58 Å². The molecule has 0 radical (unpaired) electrons. The molecule has 1 saturated carbocycles. The van der Waals surface area contributed by atoms with Crippen LogP contribution in [0.4, 0.5) is 5.69 Å². The second kappa shape index (κ2) is 8.00. The lowest BCUT2D eigenvalue weighted by atomic mass is 9.82. The van der Waals surface area contributed by atoms with E-state index in [4.69, 9.17) is 9.15 Å². The Morgan fingerprint density at radius 2 is 2.00 bits per heavy atom. The minimum Gasteiger partial charge on any atom is -0.423 e. The molecule has 2 aliphatic rings. The SMILES string of the molecule is Cc1cc2oc(=O)cc(C)c2cc1NC(=O)[C@H]1CC[C@H]2OCCN[C@@H]2C1.Cl. The molecular formula is C20H25ClN2O4. The minimum absolute atomic E-state index is 0. The molecule has 1 aliphatic carbocycles. The van der Waals surface area contributed by atoms with E-state index in [0.29, 0.717) is 5.58 Å². The van der Waals surface area contributed by atoms with Crippen LogP contribution in [0.2, 0.25) is 0 Å². The van der Waals surface area contributed by atoms with E-state index in [1.54, 1.807) is 0 Å². The summed E-state index contributed by atoms with van der Waals surface area (Å²) >= 11 is 0. The standard InChI is InChI=1S/C20H24N2O4.ClH/c1-11-8-19(23)26-18-7-12(2)15(10-14(11)18)22-20(24)13-3-4-17-16(9-13)21-5-6-25-17;/h7-8,10,13,16-17,21H,3-6,9H2,1-2H3,(H,22,24);1H/t13-,16+,17+;/m0./s1. The molecule has 4 rings (SSSR count). The molecule has 0 bridgehead atoms. The van der Waals surface area contributed by atoms with Gasteiger partial charge in [-0.2, -0.15) is 0 Å². The van der Waals surface area contributed by atoms with Gasteiger partial charge in [0.15, 0.2) is 0 Å². The topological polar surface area (TPSA) is 80.6 Å². The molecule has 1 saturated heterocycles. The van der Waals surface area contributed by atoms with Gasteiger partial charge in [0, 0.05) is 35.6 Å². The molecular weight excluding hydrogens is 368 g/mol. The lowest BCUT2D eigenvalue weighted by Crippen LogP contribution is -2.52. The molecule has 0 unspecified atom stereocenters. The summed E-state index contributed by atoms with van der Waals surface area (Å²) in [7, 11) is 0. The monoisotopic (exact) mass is 392 g/mol. The van der Waals surface area contributed by atoms with Crippen molar-refractivity contribution in [3.05, 3.63) is 39.7 Å². The summed E-state index contributed by atoms with van der Waals surface area (Å²) in [6.07, 6.45) is 2.80. The Hall–Kier alpha value is -1.89. The van der Waals surface area contributed by atoms with E-state index >= 15 is 0 Å². The number of aryl methyl sites for hydroxylation is 2. The van der Waals surface area contributed by atoms with E-state index < -0.39 is 0 Å². The van der Waals surface area contributed by atoms with Gasteiger partial charge in [-0.25, -0.2) is 4.79 Å². The first-order valence-corrected chi connectivity index (χ1v) is 9.22. The van der Waals surface area contributed by atoms with Crippen LogP contribution in [0.1, 0.15) is 30.4 Å². The number of nitrogens with one attached hydrogen (secondary N) is 2. The first-order valence-electron chi connectivity index (χ1n) is 9.22. The van der Waals surface area contributed by atoms with Crippen LogP contribution in [0.5, 0.6) is 0 Å². The maximum absolute atomic E-state index is 12.8. The van der Waals surface area contributed by atoms with Gasteiger partial charge in [0.25, 0.3) is 0 Å². The highest BCUT2D eigenvalue weighted by molar-refractivity contribution is 5.96. The van der Waals surface area contributed by atoms with Crippen LogP contribution >= 0.6 is 12.4 Å². The molecule has 3 atom stereocenters. The molecule has 7 heteroatoms. The van der Waals surface area contributed by atoms with E-state index in [1.807, 2.05) is 26.0 Å². The highest BCUT2D eigenvalue weighted by Crippen LogP contribution is 2.30. The van der Waals surface area contributed by atoms with Crippen molar-refractivity contribution in [2.45, 2.75) is 45.3 Å². The van der Waals surface area contributed by atoms with Crippen molar-refractivity contribution in [1.29, 1.82) is 0 Å². The highest BCUT2D eigenvalue weighted by atomic mass is 35.5. The third kappa shape index (κ3) is 4.03. The lowest BCUT2D eigenvalue weighted by molar-refractivity contribution is -0.123. The van der Waals surface area contributed by atoms with Crippen LogP contribution < -0.4 is 16.3 Å². The van der Waals surface area contributed by atoms with E-state index in [9.17, 15) is 9.59 Å². The van der Waals surface area contributed by atoms with Gasteiger partial charge in [-0.15, -0.1) is 12.4 Å². The summed E-state index contributed by atoms with van der Waals surface area (Å²) in [5.74, 6) is 0.0312. The van der Waals surface area contributed by atoms with E-state index in [0.717, 1.165) is 54.6 Å². The van der Waals surface area contributed by atoms with Gasteiger partial charge in [-0.3, -0.25) is 4.79 Å². The molecule has 6 nitrogen and oxygen atoms in total. The van der Waals surface area contributed by atoms with Crippen molar-refractivity contribution in [2.24, 2.45) is 5.92 Å². The first-order chi connectivity index (χ1) is 12.5. The molecule has 1 aromatic carbocycles. The largest absolute Gasteiger partial charge is 0.423 e. The maximum Gasteiger partial charge on any atom is 0.336 e. The number of halogens is 1. The summed E-state index contributed by atoms with van der Waals surface area (Å²) in [6, 6.07) is 5.45. The van der Waals surface area contributed by atoms with Crippen LogP contribution in [-0.2, 0) is 9.53 Å². The Morgan fingerprint density at radius 3 is 2.81 bits per heavy atom. The van der Waals surface area contributed by atoms with Gasteiger partial charge in [0.2, 0.25) is 5.91 Å². The van der Waals surface area contributed by atoms with E-state index in [1.165, 1.54) is 6.07 Å². The van der Waals surface area contributed by atoms with E-state index in [-0.39, 0.29) is 42.0 Å². The molecule has 27 heavy (non-hydrogen) atoms. The molecule has 2 aromatic rings. The van der Waals surface area contributed by atoms with Gasteiger partial charge in [0.05, 0.1) is 12.7 Å². The number of anilines is 1. The smallest absolute Gasteiger partial charge is 0.336 e. The zero-order valence-electron chi connectivity index (χ0n) is 15.5. The highest BCUT2D eigenvalue weighted by Gasteiger charge is 2.35. The number of benzene rings is 1. The number of fused-ring (bicyclic) bond motifs is 2. The predicted molar refractivity (Wildman–Crippen MR) is 107 cm³/mol. The quantitative estimate of drug-likeness (QED) is 0.768. The summed E-state index contributed by atoms with van der Waals surface area (Å²) in [6.45, 7) is 5.38. The predicted octanol–water partition coefficient (Wildman–Crippen LogP) is 2.93. The minimum atomic E-state index is -0.356. The van der Waals surface area contributed by atoms with Crippen molar-refractivity contribution in [3.63, 3.8) is 0 Å². The molecule has 1 amide bonds. The fraction of sp³-hybridized carbons (Fsp3) is 0.500.